The van der Waals surface area contributed by atoms with Gasteiger partial charge >= 0.3 is 11.7 Å². The number of carbonyl (C=O) groups is 3. The molecule has 1 aromatic carbocycles. The number of aromatic nitrogens is 2. The van der Waals surface area contributed by atoms with Crippen molar-refractivity contribution in [3.05, 3.63) is 62.9 Å². The third-order valence-corrected chi connectivity index (χ3v) is 3.98. The lowest BCUT2D eigenvalue weighted by molar-refractivity contribution is -0.147. The third kappa shape index (κ3) is 6.00. The van der Waals surface area contributed by atoms with Crippen LogP contribution in [0, 0.1) is 5.41 Å². The molecule has 1 aromatic heterocycles. The molecule has 9 heteroatoms. The van der Waals surface area contributed by atoms with E-state index in [0.29, 0.717) is 11.3 Å². The van der Waals surface area contributed by atoms with E-state index in [1.807, 2.05) is 4.98 Å². The number of ether oxygens (including phenoxy) is 1. The van der Waals surface area contributed by atoms with E-state index < -0.39 is 41.1 Å². The van der Waals surface area contributed by atoms with E-state index in [2.05, 4.69) is 5.32 Å². The summed E-state index contributed by atoms with van der Waals surface area (Å²) in [6, 6.07) is 7.33. The molecule has 1 atom stereocenters. The number of esters is 1. The Labute approximate surface area is 166 Å². The molecule has 0 aliphatic rings. The zero-order valence-electron chi connectivity index (χ0n) is 16.6. The zero-order valence-corrected chi connectivity index (χ0v) is 16.6. The molecule has 0 unspecified atom stereocenters. The van der Waals surface area contributed by atoms with Gasteiger partial charge in [0.15, 0.2) is 6.10 Å². The molecule has 9 nitrogen and oxygen atoms in total. The monoisotopic (exact) mass is 401 g/mol. The van der Waals surface area contributed by atoms with Crippen molar-refractivity contribution in [3.8, 4) is 0 Å². The van der Waals surface area contributed by atoms with Crippen molar-refractivity contribution in [1.82, 2.24) is 9.55 Å². The second-order valence-corrected chi connectivity index (χ2v) is 7.52. The van der Waals surface area contributed by atoms with Crippen LogP contribution in [0.2, 0.25) is 0 Å². The van der Waals surface area contributed by atoms with Gasteiger partial charge in [-0.15, -0.1) is 0 Å². The molecule has 154 valence electrons. The number of anilines is 1. The first-order valence-corrected chi connectivity index (χ1v) is 8.92. The fraction of sp³-hybridized carbons (Fsp3) is 0.350. The number of rotatable bonds is 6. The number of hydrogen-bond donors (Lipinski definition) is 2. The summed E-state index contributed by atoms with van der Waals surface area (Å²) in [6.07, 6.45) is 0.0930. The SMILES string of the molecule is C[C@@H](OC(=O)Cn1ccc(=O)[nH]c1=O)C(=O)c1ccc(NC(=O)C(C)(C)C)cc1. The van der Waals surface area contributed by atoms with Gasteiger partial charge in [0.05, 0.1) is 0 Å². The van der Waals surface area contributed by atoms with E-state index in [1.165, 1.54) is 25.3 Å². The summed E-state index contributed by atoms with van der Waals surface area (Å²) < 4.78 is 6.05. The molecule has 29 heavy (non-hydrogen) atoms. The molecule has 0 spiro atoms. The maximum Gasteiger partial charge on any atom is 0.328 e. The first-order chi connectivity index (χ1) is 13.5. The van der Waals surface area contributed by atoms with Crippen molar-refractivity contribution in [2.45, 2.75) is 40.3 Å². The summed E-state index contributed by atoms with van der Waals surface area (Å²) >= 11 is 0. The molecule has 0 saturated heterocycles. The van der Waals surface area contributed by atoms with E-state index in [9.17, 15) is 24.0 Å². The number of nitrogens with one attached hydrogen (secondary N) is 2. The van der Waals surface area contributed by atoms with Crippen LogP contribution < -0.4 is 16.6 Å². The molecule has 2 aromatic rings. The lowest BCUT2D eigenvalue weighted by Gasteiger charge is -2.18. The van der Waals surface area contributed by atoms with Gasteiger partial charge in [0.1, 0.15) is 6.54 Å². The van der Waals surface area contributed by atoms with Crippen LogP contribution in [0.15, 0.2) is 46.1 Å². The second kappa shape index (κ2) is 8.68. The van der Waals surface area contributed by atoms with Crippen molar-refractivity contribution in [2.24, 2.45) is 5.41 Å². The molecule has 0 aliphatic heterocycles. The Morgan fingerprint density at radius 1 is 1.10 bits per heavy atom. The van der Waals surface area contributed by atoms with Crippen LogP contribution >= 0.6 is 0 Å². The van der Waals surface area contributed by atoms with Gasteiger partial charge in [-0.25, -0.2) is 4.79 Å². The highest BCUT2D eigenvalue weighted by Crippen LogP contribution is 2.18. The topological polar surface area (TPSA) is 127 Å². The Hall–Kier alpha value is -3.49. The van der Waals surface area contributed by atoms with Crippen LogP contribution in [-0.4, -0.2) is 33.3 Å². The molecule has 0 aliphatic carbocycles. The number of H-pyrrole nitrogens is 1. The largest absolute Gasteiger partial charge is 0.453 e. The predicted octanol–water partition coefficient (Wildman–Crippen LogP) is 1.34. The molecule has 0 bridgehead atoms. The first kappa shape index (κ1) is 21.8. The number of aromatic amines is 1. The van der Waals surface area contributed by atoms with Crippen LogP contribution in [0.25, 0.3) is 0 Å². The standard InChI is InChI=1S/C20H23N3O6/c1-12(29-16(25)11-23-10-9-15(24)22-19(23)28)17(26)13-5-7-14(8-6-13)21-18(27)20(2,3)4/h5-10,12H,11H2,1-4H3,(H,21,27)(H,22,24,28)/t12-/m1/s1. The highest BCUT2D eigenvalue weighted by Gasteiger charge is 2.22. The number of Topliss-reactive ketones (excluding diaryl/α,β-unsaturated/α-hetero) is 1. The Bertz CT molecular complexity index is 1030. The number of amides is 1. The minimum absolute atomic E-state index is 0.156. The maximum atomic E-state index is 12.5. The Morgan fingerprint density at radius 2 is 1.72 bits per heavy atom. The molecular formula is C20H23N3O6. The quantitative estimate of drug-likeness (QED) is 0.555. The van der Waals surface area contributed by atoms with Crippen LogP contribution in [0.5, 0.6) is 0 Å². The van der Waals surface area contributed by atoms with E-state index >= 15 is 0 Å². The zero-order chi connectivity index (χ0) is 21.8. The average molecular weight is 401 g/mol. The second-order valence-electron chi connectivity index (χ2n) is 7.52. The van der Waals surface area contributed by atoms with Crippen LogP contribution in [0.1, 0.15) is 38.1 Å². The maximum absolute atomic E-state index is 12.5. The van der Waals surface area contributed by atoms with E-state index in [4.69, 9.17) is 4.74 Å². The van der Waals surface area contributed by atoms with Gasteiger partial charge < -0.3 is 10.1 Å². The Morgan fingerprint density at radius 3 is 2.28 bits per heavy atom. The van der Waals surface area contributed by atoms with Gasteiger partial charge in [0, 0.05) is 28.9 Å². The molecule has 2 N–H and O–H groups in total. The Kier molecular flexibility index (Phi) is 6.53. The van der Waals surface area contributed by atoms with Crippen LogP contribution in [-0.2, 0) is 20.9 Å². The van der Waals surface area contributed by atoms with Crippen molar-refractivity contribution < 1.29 is 19.1 Å². The van der Waals surface area contributed by atoms with Gasteiger partial charge in [-0.1, -0.05) is 20.8 Å². The van der Waals surface area contributed by atoms with Crippen molar-refractivity contribution >= 4 is 23.3 Å². The molecule has 0 saturated carbocycles. The van der Waals surface area contributed by atoms with E-state index in [0.717, 1.165) is 10.6 Å². The van der Waals surface area contributed by atoms with Gasteiger partial charge in [0.2, 0.25) is 11.7 Å². The van der Waals surface area contributed by atoms with Crippen LogP contribution in [0.3, 0.4) is 0 Å². The number of hydrogen-bond acceptors (Lipinski definition) is 6. The van der Waals surface area contributed by atoms with Crippen molar-refractivity contribution in [2.75, 3.05) is 5.32 Å². The smallest absolute Gasteiger partial charge is 0.328 e. The van der Waals surface area contributed by atoms with E-state index in [1.54, 1.807) is 32.9 Å². The van der Waals surface area contributed by atoms with Gasteiger partial charge in [-0.2, -0.15) is 0 Å². The van der Waals surface area contributed by atoms with Crippen molar-refractivity contribution in [1.29, 1.82) is 0 Å². The summed E-state index contributed by atoms with van der Waals surface area (Å²) in [5.74, 6) is -1.38. The van der Waals surface area contributed by atoms with Gasteiger partial charge in [-0.05, 0) is 31.2 Å². The summed E-state index contributed by atoms with van der Waals surface area (Å²) in [5, 5.41) is 2.75. The highest BCUT2D eigenvalue weighted by molar-refractivity contribution is 6.01. The molecule has 1 amide bonds. The molecule has 0 radical (unpaired) electrons. The molecular weight excluding hydrogens is 378 g/mol. The van der Waals surface area contributed by atoms with Gasteiger partial charge in [0.25, 0.3) is 5.56 Å². The predicted molar refractivity (Wildman–Crippen MR) is 106 cm³/mol. The summed E-state index contributed by atoms with van der Waals surface area (Å²) in [4.78, 5) is 61.1. The minimum Gasteiger partial charge on any atom is -0.453 e. The van der Waals surface area contributed by atoms with Crippen molar-refractivity contribution in [3.63, 3.8) is 0 Å². The van der Waals surface area contributed by atoms with E-state index in [-0.39, 0.29) is 5.91 Å². The lowest BCUT2D eigenvalue weighted by atomic mass is 9.95. The normalized spacial score (nSPS) is 12.1. The summed E-state index contributed by atoms with van der Waals surface area (Å²) in [7, 11) is 0. The fourth-order valence-corrected chi connectivity index (χ4v) is 2.27. The third-order valence-electron chi connectivity index (χ3n) is 3.98. The highest BCUT2D eigenvalue weighted by atomic mass is 16.5. The number of benzene rings is 1. The summed E-state index contributed by atoms with van der Waals surface area (Å²) in [6.45, 7) is 6.35. The van der Waals surface area contributed by atoms with Gasteiger partial charge in [-0.3, -0.25) is 28.7 Å². The minimum atomic E-state index is -1.07. The number of carbonyl (C=O) groups excluding carboxylic acids is 3. The summed E-state index contributed by atoms with van der Waals surface area (Å²) in [5.41, 5.74) is -1.03. The average Bonchev–Trinajstić information content (AvgIpc) is 2.63. The lowest BCUT2D eigenvalue weighted by Crippen LogP contribution is -2.33. The molecule has 2 rings (SSSR count). The number of ketones is 1. The molecule has 0 fully saturated rings. The van der Waals surface area contributed by atoms with Crippen LogP contribution in [0.4, 0.5) is 5.69 Å². The fourth-order valence-electron chi connectivity index (χ4n) is 2.27. The first-order valence-electron chi connectivity index (χ1n) is 8.92. The Balaban J connectivity index is 1.98. The molecule has 1 heterocycles. The number of nitrogens with zero attached hydrogens (tertiary/aromatic N) is 1.